The van der Waals surface area contributed by atoms with Crippen LogP contribution in [0.5, 0.6) is 0 Å². The van der Waals surface area contributed by atoms with Gasteiger partial charge in [0.05, 0.1) is 11.0 Å². The molecule has 1 amide bonds. The van der Waals surface area contributed by atoms with E-state index in [9.17, 15) is 4.79 Å². The van der Waals surface area contributed by atoms with Gasteiger partial charge in [-0.1, -0.05) is 30.7 Å². The highest BCUT2D eigenvalue weighted by Crippen LogP contribution is 2.20. The van der Waals surface area contributed by atoms with Crippen LogP contribution in [0.3, 0.4) is 0 Å². The lowest BCUT2D eigenvalue weighted by atomic mass is 10.3. The van der Waals surface area contributed by atoms with Crippen molar-refractivity contribution >= 4 is 34.4 Å². The van der Waals surface area contributed by atoms with E-state index in [1.54, 1.807) is 0 Å². The minimum Gasteiger partial charge on any atom is -0.316 e. The number of halogens is 1. The predicted molar refractivity (Wildman–Crippen MR) is 76.3 cm³/mol. The van der Waals surface area contributed by atoms with Crippen LogP contribution in [0.1, 0.15) is 13.3 Å². The second kappa shape index (κ2) is 6.45. The molecule has 2 aromatic rings. The molecule has 0 unspecified atom stereocenters. The number of carbonyl (C=O) groups excluding carboxylic acids is 1. The number of para-hydroxylation sites is 2. The summed E-state index contributed by atoms with van der Waals surface area (Å²) in [4.78, 5) is 20.2. The van der Waals surface area contributed by atoms with Crippen molar-refractivity contribution in [2.75, 3.05) is 18.4 Å². The van der Waals surface area contributed by atoms with E-state index in [0.717, 1.165) is 6.54 Å². The zero-order valence-electron chi connectivity index (χ0n) is 10.6. The fraction of sp³-hybridized carbons (Fsp3) is 0.308. The van der Waals surface area contributed by atoms with Crippen LogP contribution in [0.2, 0.25) is 5.15 Å². The van der Waals surface area contributed by atoms with Crippen LogP contribution in [0.4, 0.5) is 5.82 Å². The number of benzene rings is 1. The van der Waals surface area contributed by atoms with Crippen molar-refractivity contribution in [3.8, 4) is 0 Å². The van der Waals surface area contributed by atoms with E-state index in [1.807, 2.05) is 31.2 Å². The molecule has 0 atom stereocenters. The number of rotatable bonds is 5. The van der Waals surface area contributed by atoms with Crippen LogP contribution in [0.25, 0.3) is 11.0 Å². The lowest BCUT2D eigenvalue weighted by molar-refractivity contribution is -0.116. The maximum absolute atomic E-state index is 11.7. The van der Waals surface area contributed by atoms with Crippen LogP contribution < -0.4 is 10.6 Å². The van der Waals surface area contributed by atoms with Gasteiger partial charge in [0, 0.05) is 13.0 Å². The van der Waals surface area contributed by atoms with Gasteiger partial charge in [0.1, 0.15) is 0 Å². The normalized spacial score (nSPS) is 10.6. The Morgan fingerprint density at radius 1 is 1.26 bits per heavy atom. The molecule has 1 aromatic carbocycles. The topological polar surface area (TPSA) is 66.9 Å². The van der Waals surface area contributed by atoms with Crippen LogP contribution in [-0.2, 0) is 4.79 Å². The zero-order chi connectivity index (χ0) is 13.7. The highest BCUT2D eigenvalue weighted by molar-refractivity contribution is 6.32. The van der Waals surface area contributed by atoms with E-state index in [4.69, 9.17) is 11.6 Å². The number of nitrogens with one attached hydrogen (secondary N) is 2. The monoisotopic (exact) mass is 278 g/mol. The minimum absolute atomic E-state index is 0.132. The first-order valence-electron chi connectivity index (χ1n) is 6.13. The maximum Gasteiger partial charge on any atom is 0.226 e. The van der Waals surface area contributed by atoms with Gasteiger partial charge in [0.15, 0.2) is 11.0 Å². The average Bonchev–Trinajstić information content (AvgIpc) is 2.40. The molecule has 0 saturated heterocycles. The molecule has 0 aliphatic heterocycles. The van der Waals surface area contributed by atoms with E-state index in [2.05, 4.69) is 20.6 Å². The number of amides is 1. The number of nitrogens with zero attached hydrogens (tertiary/aromatic N) is 2. The van der Waals surface area contributed by atoms with Crippen molar-refractivity contribution in [1.82, 2.24) is 15.3 Å². The third-order valence-corrected chi connectivity index (χ3v) is 2.83. The Labute approximate surface area is 116 Å². The number of hydrogen-bond donors (Lipinski definition) is 2. The van der Waals surface area contributed by atoms with Gasteiger partial charge in [-0.15, -0.1) is 0 Å². The Morgan fingerprint density at radius 2 is 1.95 bits per heavy atom. The third-order valence-electron chi connectivity index (χ3n) is 2.56. The van der Waals surface area contributed by atoms with E-state index < -0.39 is 0 Å². The quantitative estimate of drug-likeness (QED) is 0.823. The van der Waals surface area contributed by atoms with Gasteiger partial charge in [-0.25, -0.2) is 9.97 Å². The van der Waals surface area contributed by atoms with Crippen LogP contribution >= 0.6 is 11.6 Å². The summed E-state index contributed by atoms with van der Waals surface area (Å²) in [7, 11) is 0. The average molecular weight is 279 g/mol. The summed E-state index contributed by atoms with van der Waals surface area (Å²) in [6.07, 6.45) is 0.374. The molecule has 0 aliphatic carbocycles. The fourth-order valence-electron chi connectivity index (χ4n) is 1.63. The molecule has 0 saturated carbocycles. The summed E-state index contributed by atoms with van der Waals surface area (Å²) in [6.45, 7) is 3.45. The SMILES string of the molecule is CCNCCC(=O)Nc1nc2ccccc2nc1Cl. The van der Waals surface area contributed by atoms with Crippen molar-refractivity contribution in [3.63, 3.8) is 0 Å². The van der Waals surface area contributed by atoms with Gasteiger partial charge >= 0.3 is 0 Å². The van der Waals surface area contributed by atoms with Crippen LogP contribution in [0, 0.1) is 0 Å². The first-order valence-corrected chi connectivity index (χ1v) is 6.51. The number of carbonyl (C=O) groups is 1. The van der Waals surface area contributed by atoms with Crippen LogP contribution in [0.15, 0.2) is 24.3 Å². The van der Waals surface area contributed by atoms with E-state index in [1.165, 1.54) is 0 Å². The molecule has 0 fully saturated rings. The van der Waals surface area contributed by atoms with Crippen molar-refractivity contribution < 1.29 is 4.79 Å². The highest BCUT2D eigenvalue weighted by atomic mass is 35.5. The minimum atomic E-state index is -0.132. The Morgan fingerprint density at radius 3 is 2.63 bits per heavy atom. The van der Waals surface area contributed by atoms with E-state index in [0.29, 0.717) is 29.8 Å². The number of anilines is 1. The van der Waals surface area contributed by atoms with Gasteiger partial charge in [-0.3, -0.25) is 4.79 Å². The van der Waals surface area contributed by atoms with Crippen molar-refractivity contribution in [1.29, 1.82) is 0 Å². The molecule has 5 nitrogen and oxygen atoms in total. The molecule has 0 spiro atoms. The van der Waals surface area contributed by atoms with Crippen molar-refractivity contribution in [3.05, 3.63) is 29.4 Å². The zero-order valence-corrected chi connectivity index (χ0v) is 11.4. The Balaban J connectivity index is 2.11. The molecule has 19 heavy (non-hydrogen) atoms. The van der Waals surface area contributed by atoms with Gasteiger partial charge in [-0.05, 0) is 18.7 Å². The lowest BCUT2D eigenvalue weighted by Gasteiger charge is -2.07. The molecule has 2 rings (SSSR count). The first-order chi connectivity index (χ1) is 9.20. The van der Waals surface area contributed by atoms with Gasteiger partial charge in [0.25, 0.3) is 0 Å². The Bertz CT molecular complexity index is 588. The van der Waals surface area contributed by atoms with Gasteiger partial charge in [-0.2, -0.15) is 0 Å². The summed E-state index contributed by atoms with van der Waals surface area (Å²) in [5, 5.41) is 5.96. The molecule has 1 heterocycles. The molecule has 0 aliphatic rings. The number of hydrogen-bond acceptors (Lipinski definition) is 4. The second-order valence-electron chi connectivity index (χ2n) is 4.00. The van der Waals surface area contributed by atoms with Crippen molar-refractivity contribution in [2.24, 2.45) is 0 Å². The molecule has 0 radical (unpaired) electrons. The van der Waals surface area contributed by atoms with Gasteiger partial charge < -0.3 is 10.6 Å². The summed E-state index contributed by atoms with van der Waals surface area (Å²) in [6, 6.07) is 7.38. The summed E-state index contributed by atoms with van der Waals surface area (Å²) in [5.41, 5.74) is 1.41. The lowest BCUT2D eigenvalue weighted by Crippen LogP contribution is -2.22. The highest BCUT2D eigenvalue weighted by Gasteiger charge is 2.09. The largest absolute Gasteiger partial charge is 0.316 e. The summed E-state index contributed by atoms with van der Waals surface area (Å²) < 4.78 is 0. The number of fused-ring (bicyclic) bond motifs is 1. The molecule has 0 bridgehead atoms. The third kappa shape index (κ3) is 3.62. The molecule has 100 valence electrons. The smallest absolute Gasteiger partial charge is 0.226 e. The van der Waals surface area contributed by atoms with E-state index >= 15 is 0 Å². The van der Waals surface area contributed by atoms with Crippen molar-refractivity contribution in [2.45, 2.75) is 13.3 Å². The molecule has 1 aromatic heterocycles. The Kier molecular flexibility index (Phi) is 4.65. The summed E-state index contributed by atoms with van der Waals surface area (Å²) >= 11 is 6.00. The Hall–Kier alpha value is -1.72. The maximum atomic E-state index is 11.7. The van der Waals surface area contributed by atoms with Gasteiger partial charge in [0.2, 0.25) is 5.91 Å². The predicted octanol–water partition coefficient (Wildman–Crippen LogP) is 2.22. The second-order valence-corrected chi connectivity index (χ2v) is 4.36. The molecule has 2 N–H and O–H groups in total. The molecular formula is C13H15ClN4O. The number of aromatic nitrogens is 2. The van der Waals surface area contributed by atoms with Crippen LogP contribution in [-0.4, -0.2) is 29.0 Å². The molecular weight excluding hydrogens is 264 g/mol. The fourth-order valence-corrected chi connectivity index (χ4v) is 1.81. The summed E-state index contributed by atoms with van der Waals surface area (Å²) in [5.74, 6) is 0.175. The standard InChI is InChI=1S/C13H15ClN4O/c1-2-15-8-7-11(19)18-13-12(14)16-9-5-3-4-6-10(9)17-13/h3-6,15H,2,7-8H2,1H3,(H,17,18,19). The molecule has 6 heteroatoms. The first kappa shape index (κ1) is 13.7. The van der Waals surface area contributed by atoms with E-state index in [-0.39, 0.29) is 11.1 Å².